The van der Waals surface area contributed by atoms with Crippen molar-refractivity contribution in [3.05, 3.63) is 44.9 Å². The van der Waals surface area contributed by atoms with Crippen LogP contribution >= 0.6 is 22.9 Å². The van der Waals surface area contributed by atoms with E-state index in [9.17, 15) is 0 Å². The maximum Gasteiger partial charge on any atom is 0.157 e. The quantitative estimate of drug-likeness (QED) is 0.707. The molecule has 0 amide bonds. The molecule has 0 radical (unpaired) electrons. The minimum atomic E-state index is -0.217. The summed E-state index contributed by atoms with van der Waals surface area (Å²) in [5.74, 6) is 0. The van der Waals surface area contributed by atoms with Crippen LogP contribution in [0.1, 0.15) is 34.9 Å². The summed E-state index contributed by atoms with van der Waals surface area (Å²) in [6.45, 7) is 1.69. The molecule has 1 saturated heterocycles. The number of hydrogen-bond donors (Lipinski definition) is 1. The number of nitrogens with zero attached hydrogens (tertiary/aromatic N) is 3. The standard InChI is InChI=1S/C18H19ClN4OS/c1-23-17-13(10-22-23)6-12(9-21-17)14-8-18(3-4-20-14)16-11(2-5-24-18)7-15(19)25-16/h6-7,9-10,14,20H,2-5,8H2,1H3/t14-,18-/m0/s1. The van der Waals surface area contributed by atoms with Gasteiger partial charge in [-0.1, -0.05) is 11.6 Å². The molecule has 0 bridgehead atoms. The second-order valence-corrected chi connectivity index (χ2v) is 8.59. The number of aryl methyl sites for hydroxylation is 1. The van der Waals surface area contributed by atoms with E-state index in [1.165, 1.54) is 16.0 Å². The SMILES string of the molecule is Cn1ncc2cc([C@@H]3C[C@]4(CCN3)OCCc3cc(Cl)sc34)cnc21. The van der Waals surface area contributed by atoms with Crippen LogP contribution in [0.15, 0.2) is 24.5 Å². The fourth-order valence-electron chi connectivity index (χ4n) is 4.16. The van der Waals surface area contributed by atoms with Gasteiger partial charge in [0.15, 0.2) is 5.65 Å². The number of pyridine rings is 1. The number of piperidine rings is 1. The third-order valence-electron chi connectivity index (χ3n) is 5.39. The van der Waals surface area contributed by atoms with Crippen molar-refractivity contribution in [2.75, 3.05) is 13.2 Å². The van der Waals surface area contributed by atoms with Gasteiger partial charge < -0.3 is 10.1 Å². The number of fused-ring (bicyclic) bond motifs is 3. The molecule has 3 aromatic heterocycles. The summed E-state index contributed by atoms with van der Waals surface area (Å²) in [5.41, 5.74) is 3.25. The number of thiophene rings is 1. The average molecular weight is 375 g/mol. The van der Waals surface area contributed by atoms with Crippen LogP contribution in [0.2, 0.25) is 4.34 Å². The van der Waals surface area contributed by atoms with Gasteiger partial charge >= 0.3 is 0 Å². The molecule has 25 heavy (non-hydrogen) atoms. The summed E-state index contributed by atoms with van der Waals surface area (Å²) in [4.78, 5) is 5.92. The highest BCUT2D eigenvalue weighted by Crippen LogP contribution is 2.48. The molecule has 0 aromatic carbocycles. The zero-order valence-electron chi connectivity index (χ0n) is 14.0. The van der Waals surface area contributed by atoms with Crippen LogP contribution in [-0.2, 0) is 23.8 Å². The second kappa shape index (κ2) is 5.77. The Hall–Kier alpha value is -1.47. The van der Waals surface area contributed by atoms with Gasteiger partial charge in [0, 0.05) is 36.0 Å². The van der Waals surface area contributed by atoms with Gasteiger partial charge in [-0.05, 0) is 42.6 Å². The van der Waals surface area contributed by atoms with Gasteiger partial charge in [-0.15, -0.1) is 11.3 Å². The topological polar surface area (TPSA) is 52.0 Å². The van der Waals surface area contributed by atoms with E-state index in [4.69, 9.17) is 16.3 Å². The molecule has 5 nitrogen and oxygen atoms in total. The highest BCUT2D eigenvalue weighted by molar-refractivity contribution is 7.16. The molecular formula is C18H19ClN4OS. The zero-order valence-corrected chi connectivity index (χ0v) is 15.5. The normalized spacial score (nSPS) is 26.2. The minimum absolute atomic E-state index is 0.217. The van der Waals surface area contributed by atoms with E-state index in [0.717, 1.165) is 47.8 Å². The van der Waals surface area contributed by atoms with E-state index in [-0.39, 0.29) is 11.6 Å². The van der Waals surface area contributed by atoms with Gasteiger partial charge in [0.2, 0.25) is 0 Å². The summed E-state index contributed by atoms with van der Waals surface area (Å²) in [6.07, 6.45) is 6.69. The Balaban J connectivity index is 1.51. The molecule has 1 N–H and O–H groups in total. The Bertz CT molecular complexity index is 952. The molecule has 1 fully saturated rings. The van der Waals surface area contributed by atoms with E-state index in [1.54, 1.807) is 16.0 Å². The Kier molecular flexibility index (Phi) is 3.64. The van der Waals surface area contributed by atoms with Crippen LogP contribution in [0.3, 0.4) is 0 Å². The number of halogens is 1. The summed E-state index contributed by atoms with van der Waals surface area (Å²) in [6, 6.07) is 4.53. The van der Waals surface area contributed by atoms with Crippen LogP contribution in [-0.4, -0.2) is 27.9 Å². The Morgan fingerprint density at radius 1 is 1.40 bits per heavy atom. The molecule has 5 rings (SSSR count). The first-order valence-corrected chi connectivity index (χ1v) is 9.78. The predicted octanol–water partition coefficient (Wildman–Crippen LogP) is 3.58. The maximum atomic E-state index is 6.36. The molecule has 3 aromatic rings. The van der Waals surface area contributed by atoms with E-state index >= 15 is 0 Å². The van der Waals surface area contributed by atoms with Crippen molar-refractivity contribution in [1.82, 2.24) is 20.1 Å². The van der Waals surface area contributed by atoms with E-state index < -0.39 is 0 Å². The van der Waals surface area contributed by atoms with Gasteiger partial charge in [0.05, 0.1) is 17.1 Å². The highest BCUT2D eigenvalue weighted by atomic mass is 35.5. The van der Waals surface area contributed by atoms with Crippen molar-refractivity contribution in [3.8, 4) is 0 Å². The van der Waals surface area contributed by atoms with Crippen molar-refractivity contribution in [2.45, 2.75) is 30.9 Å². The van der Waals surface area contributed by atoms with Gasteiger partial charge in [-0.25, -0.2) is 4.98 Å². The molecule has 7 heteroatoms. The number of hydrogen-bond acceptors (Lipinski definition) is 5. The largest absolute Gasteiger partial charge is 0.369 e. The van der Waals surface area contributed by atoms with Crippen LogP contribution < -0.4 is 5.32 Å². The highest BCUT2D eigenvalue weighted by Gasteiger charge is 2.44. The first-order valence-electron chi connectivity index (χ1n) is 8.58. The summed E-state index contributed by atoms with van der Waals surface area (Å²) in [5, 5.41) is 9.01. The van der Waals surface area contributed by atoms with Crippen LogP contribution in [0.5, 0.6) is 0 Å². The molecule has 0 saturated carbocycles. The first-order chi connectivity index (χ1) is 12.1. The second-order valence-electron chi connectivity index (χ2n) is 6.91. The Labute approximate surface area is 155 Å². The Morgan fingerprint density at radius 3 is 3.24 bits per heavy atom. The molecule has 1 spiro atoms. The first kappa shape index (κ1) is 15.8. The lowest BCUT2D eigenvalue weighted by atomic mass is 9.81. The fraction of sp³-hybridized carbons (Fsp3) is 0.444. The third-order valence-corrected chi connectivity index (χ3v) is 6.88. The molecule has 0 unspecified atom stereocenters. The third kappa shape index (κ3) is 2.51. The minimum Gasteiger partial charge on any atom is -0.369 e. The Morgan fingerprint density at radius 2 is 2.32 bits per heavy atom. The summed E-state index contributed by atoms with van der Waals surface area (Å²) < 4.78 is 9.03. The van der Waals surface area contributed by atoms with E-state index in [0.29, 0.717) is 0 Å². The van der Waals surface area contributed by atoms with Crippen LogP contribution in [0.4, 0.5) is 0 Å². The summed E-state index contributed by atoms with van der Waals surface area (Å²) in [7, 11) is 1.92. The van der Waals surface area contributed by atoms with Crippen molar-refractivity contribution in [3.63, 3.8) is 0 Å². The van der Waals surface area contributed by atoms with Crippen molar-refractivity contribution >= 4 is 34.0 Å². The molecule has 2 aliphatic rings. The van der Waals surface area contributed by atoms with Crippen molar-refractivity contribution < 1.29 is 4.74 Å². The zero-order chi connectivity index (χ0) is 17.0. The van der Waals surface area contributed by atoms with Gasteiger partial charge in [-0.2, -0.15) is 5.10 Å². The van der Waals surface area contributed by atoms with Crippen molar-refractivity contribution in [1.29, 1.82) is 0 Å². The monoisotopic (exact) mass is 374 g/mol. The van der Waals surface area contributed by atoms with E-state index in [1.807, 2.05) is 19.4 Å². The summed E-state index contributed by atoms with van der Waals surface area (Å²) >= 11 is 7.98. The fourth-order valence-corrected chi connectivity index (χ4v) is 5.65. The number of rotatable bonds is 1. The van der Waals surface area contributed by atoms with Crippen LogP contribution in [0, 0.1) is 0 Å². The lowest BCUT2D eigenvalue weighted by Crippen LogP contribution is -2.45. The molecular weight excluding hydrogens is 356 g/mol. The van der Waals surface area contributed by atoms with Gasteiger partial charge in [0.1, 0.15) is 5.60 Å². The molecule has 5 heterocycles. The number of nitrogens with one attached hydrogen (secondary N) is 1. The number of aromatic nitrogens is 3. The molecule has 130 valence electrons. The molecule has 0 aliphatic carbocycles. The smallest absolute Gasteiger partial charge is 0.157 e. The van der Waals surface area contributed by atoms with Gasteiger partial charge in [-0.3, -0.25) is 4.68 Å². The molecule has 2 aliphatic heterocycles. The van der Waals surface area contributed by atoms with E-state index in [2.05, 4.69) is 27.5 Å². The maximum absolute atomic E-state index is 6.36. The average Bonchev–Trinajstić information content (AvgIpc) is 3.18. The number of ether oxygens (including phenoxy) is 1. The molecule has 2 atom stereocenters. The van der Waals surface area contributed by atoms with Crippen LogP contribution in [0.25, 0.3) is 11.0 Å². The lowest BCUT2D eigenvalue weighted by Gasteiger charge is -2.43. The van der Waals surface area contributed by atoms with Gasteiger partial charge in [0.25, 0.3) is 0 Å². The van der Waals surface area contributed by atoms with Crippen molar-refractivity contribution in [2.24, 2.45) is 7.05 Å². The lowest BCUT2D eigenvalue weighted by molar-refractivity contribution is -0.0868. The predicted molar refractivity (Wildman–Crippen MR) is 99.1 cm³/mol.